The second kappa shape index (κ2) is 5.80. The molecule has 1 fully saturated rings. The van der Waals surface area contributed by atoms with Gasteiger partial charge in [-0.15, -0.1) is 0 Å². The summed E-state index contributed by atoms with van der Waals surface area (Å²) in [5, 5.41) is 3.54. The zero-order valence-electron chi connectivity index (χ0n) is 14.2. The average molecular weight is 340 g/mol. The molecule has 0 saturated carbocycles. The van der Waals surface area contributed by atoms with Crippen molar-refractivity contribution in [1.82, 2.24) is 5.32 Å². The van der Waals surface area contributed by atoms with Gasteiger partial charge in [-0.05, 0) is 78.7 Å². The average Bonchev–Trinajstić information content (AvgIpc) is 2.79. The van der Waals surface area contributed by atoms with Crippen LogP contribution in [0.15, 0.2) is 30.3 Å². The fourth-order valence-corrected chi connectivity index (χ4v) is 4.96. The lowest BCUT2D eigenvalue weighted by atomic mass is 9.87. The Morgan fingerprint density at radius 1 is 1.00 bits per heavy atom. The fourth-order valence-electron chi connectivity index (χ4n) is 4.96. The largest absolute Gasteiger partial charge is 0.367 e. The van der Waals surface area contributed by atoms with Crippen LogP contribution in [0.4, 0.5) is 14.5 Å². The maximum absolute atomic E-state index is 13.7. The minimum atomic E-state index is -0.786. The molecule has 0 bridgehead atoms. The van der Waals surface area contributed by atoms with Crippen LogP contribution < -0.4 is 10.2 Å². The molecule has 130 valence electrons. The number of fused-ring (bicyclic) bond motifs is 3. The number of benzene rings is 2. The smallest absolute Gasteiger partial charge is 0.159 e. The van der Waals surface area contributed by atoms with Crippen LogP contribution in [-0.4, -0.2) is 25.7 Å². The molecule has 0 radical (unpaired) electrons. The molecule has 1 N–H and O–H groups in total. The summed E-state index contributed by atoms with van der Waals surface area (Å²) in [7, 11) is 0. The minimum absolute atomic E-state index is 0.505. The molecule has 3 aliphatic rings. The molecule has 25 heavy (non-hydrogen) atoms. The molecule has 0 aromatic heterocycles. The van der Waals surface area contributed by atoms with Crippen molar-refractivity contribution < 1.29 is 8.78 Å². The predicted molar refractivity (Wildman–Crippen MR) is 96.1 cm³/mol. The predicted octanol–water partition coefficient (Wildman–Crippen LogP) is 4.23. The number of hydrogen-bond donors (Lipinski definition) is 1. The van der Waals surface area contributed by atoms with Crippen LogP contribution in [0.2, 0.25) is 0 Å². The molecule has 2 atom stereocenters. The summed E-state index contributed by atoms with van der Waals surface area (Å²) in [6.45, 7) is 3.23. The summed E-state index contributed by atoms with van der Waals surface area (Å²) in [5.41, 5.74) is 5.99. The highest BCUT2D eigenvalue weighted by Gasteiger charge is 2.41. The van der Waals surface area contributed by atoms with Crippen molar-refractivity contribution >= 4 is 5.69 Å². The monoisotopic (exact) mass is 340 g/mol. The van der Waals surface area contributed by atoms with Crippen LogP contribution in [0.3, 0.4) is 0 Å². The molecule has 1 saturated heterocycles. The molecule has 3 aliphatic heterocycles. The summed E-state index contributed by atoms with van der Waals surface area (Å²) in [5.74, 6) is -1.06. The Morgan fingerprint density at radius 2 is 1.92 bits per heavy atom. The van der Waals surface area contributed by atoms with Crippen LogP contribution in [0.5, 0.6) is 0 Å². The normalized spacial score (nSPS) is 24.6. The Kier molecular flexibility index (Phi) is 3.56. The van der Waals surface area contributed by atoms with E-state index in [4.69, 9.17) is 0 Å². The van der Waals surface area contributed by atoms with E-state index in [1.54, 1.807) is 6.07 Å². The Labute approximate surface area is 146 Å². The minimum Gasteiger partial charge on any atom is -0.367 e. The van der Waals surface area contributed by atoms with Crippen molar-refractivity contribution in [1.29, 1.82) is 0 Å². The molecule has 0 aliphatic carbocycles. The van der Waals surface area contributed by atoms with Crippen molar-refractivity contribution in [2.24, 2.45) is 0 Å². The van der Waals surface area contributed by atoms with Gasteiger partial charge in [-0.1, -0.05) is 6.07 Å². The highest BCUT2D eigenvalue weighted by atomic mass is 19.2. The summed E-state index contributed by atoms with van der Waals surface area (Å²) in [6, 6.07) is 9.26. The zero-order chi connectivity index (χ0) is 17.0. The molecular formula is C21H22F2N2. The quantitative estimate of drug-likeness (QED) is 0.836. The standard InChI is InChI=1S/C21H22F2N2/c22-18-5-4-13(11-19(18)23)15-9-14-3-1-2-8-25-20-6-7-24-12-17(20)16(10-15)21(14)25/h4-5,9-11,17,20,24H,1-3,6-8,12H2/t17-,20-/m0/s1. The number of anilines is 1. The third-order valence-electron chi connectivity index (χ3n) is 6.10. The highest BCUT2D eigenvalue weighted by Crippen LogP contribution is 2.48. The van der Waals surface area contributed by atoms with Crippen LogP contribution in [-0.2, 0) is 6.42 Å². The molecule has 4 heteroatoms. The Balaban J connectivity index is 1.67. The SMILES string of the molecule is Fc1ccc(-c2cc3c4c(c2)[C@@H]2CNCC[C@@H]2N4CCCC3)cc1F. The van der Waals surface area contributed by atoms with Gasteiger partial charge in [0.25, 0.3) is 0 Å². The third kappa shape index (κ3) is 2.38. The van der Waals surface area contributed by atoms with Gasteiger partial charge in [-0.2, -0.15) is 0 Å². The highest BCUT2D eigenvalue weighted by molar-refractivity contribution is 5.76. The van der Waals surface area contributed by atoms with E-state index >= 15 is 0 Å². The Bertz CT molecular complexity index is 833. The van der Waals surface area contributed by atoms with E-state index in [9.17, 15) is 8.78 Å². The van der Waals surface area contributed by atoms with E-state index in [1.165, 1.54) is 48.2 Å². The first-order valence-corrected chi connectivity index (χ1v) is 9.32. The first kappa shape index (κ1) is 15.3. The second-order valence-electron chi connectivity index (χ2n) is 7.52. The van der Waals surface area contributed by atoms with E-state index in [-0.39, 0.29) is 0 Å². The van der Waals surface area contributed by atoms with Crippen molar-refractivity contribution in [3.63, 3.8) is 0 Å². The van der Waals surface area contributed by atoms with Gasteiger partial charge in [0.1, 0.15) is 0 Å². The van der Waals surface area contributed by atoms with Gasteiger partial charge in [-0.3, -0.25) is 0 Å². The summed E-state index contributed by atoms with van der Waals surface area (Å²) < 4.78 is 27.1. The first-order chi connectivity index (χ1) is 12.2. The van der Waals surface area contributed by atoms with Gasteiger partial charge in [0.15, 0.2) is 11.6 Å². The summed E-state index contributed by atoms with van der Waals surface area (Å²) >= 11 is 0. The molecule has 0 unspecified atom stereocenters. The molecular weight excluding hydrogens is 318 g/mol. The van der Waals surface area contributed by atoms with E-state index in [1.807, 2.05) is 0 Å². The third-order valence-corrected chi connectivity index (χ3v) is 6.10. The van der Waals surface area contributed by atoms with Crippen LogP contribution >= 0.6 is 0 Å². The van der Waals surface area contributed by atoms with Crippen molar-refractivity contribution in [2.45, 2.75) is 37.6 Å². The van der Waals surface area contributed by atoms with Gasteiger partial charge in [0.05, 0.1) is 0 Å². The number of aryl methyl sites for hydroxylation is 1. The molecule has 2 aromatic rings. The molecule has 2 nitrogen and oxygen atoms in total. The van der Waals surface area contributed by atoms with E-state index in [2.05, 4.69) is 22.3 Å². The van der Waals surface area contributed by atoms with Crippen molar-refractivity contribution in [3.05, 3.63) is 53.1 Å². The fraction of sp³-hybridized carbons (Fsp3) is 0.429. The van der Waals surface area contributed by atoms with Gasteiger partial charge < -0.3 is 10.2 Å². The lowest BCUT2D eigenvalue weighted by Gasteiger charge is -2.33. The summed E-state index contributed by atoms with van der Waals surface area (Å²) in [6.07, 6.45) is 4.67. The maximum atomic E-state index is 13.7. The number of piperidine rings is 1. The Morgan fingerprint density at radius 3 is 2.80 bits per heavy atom. The van der Waals surface area contributed by atoms with Crippen LogP contribution in [0, 0.1) is 11.6 Å². The van der Waals surface area contributed by atoms with Gasteiger partial charge >= 0.3 is 0 Å². The first-order valence-electron chi connectivity index (χ1n) is 9.32. The van der Waals surface area contributed by atoms with Crippen molar-refractivity contribution in [2.75, 3.05) is 24.5 Å². The Hall–Kier alpha value is -1.94. The zero-order valence-corrected chi connectivity index (χ0v) is 14.2. The van der Waals surface area contributed by atoms with Gasteiger partial charge in [-0.25, -0.2) is 8.78 Å². The molecule has 0 amide bonds. The topological polar surface area (TPSA) is 15.3 Å². The van der Waals surface area contributed by atoms with Crippen molar-refractivity contribution in [3.8, 4) is 11.1 Å². The van der Waals surface area contributed by atoms with Gasteiger partial charge in [0, 0.05) is 30.7 Å². The number of halogens is 2. The van der Waals surface area contributed by atoms with E-state index in [0.717, 1.165) is 37.2 Å². The number of nitrogens with one attached hydrogen (secondary N) is 1. The maximum Gasteiger partial charge on any atom is 0.159 e. The van der Waals surface area contributed by atoms with Crippen LogP contribution in [0.25, 0.3) is 11.1 Å². The summed E-state index contributed by atoms with van der Waals surface area (Å²) in [4.78, 5) is 2.64. The molecule has 0 spiro atoms. The lowest BCUT2D eigenvalue weighted by molar-refractivity contribution is 0.401. The van der Waals surface area contributed by atoms with E-state index in [0.29, 0.717) is 12.0 Å². The van der Waals surface area contributed by atoms with Gasteiger partial charge in [0.2, 0.25) is 0 Å². The number of hydrogen-bond acceptors (Lipinski definition) is 2. The lowest BCUT2D eigenvalue weighted by Crippen LogP contribution is -2.44. The number of rotatable bonds is 1. The molecule has 5 rings (SSSR count). The van der Waals surface area contributed by atoms with Crippen LogP contribution in [0.1, 0.15) is 36.3 Å². The molecule has 3 heterocycles. The number of nitrogens with zero attached hydrogens (tertiary/aromatic N) is 1. The van der Waals surface area contributed by atoms with E-state index < -0.39 is 11.6 Å². The second-order valence-corrected chi connectivity index (χ2v) is 7.52. The molecule has 2 aromatic carbocycles.